The van der Waals surface area contributed by atoms with E-state index >= 15 is 0 Å². The maximum atomic E-state index is 12.4. The lowest BCUT2D eigenvalue weighted by Crippen LogP contribution is -2.13. The van der Waals surface area contributed by atoms with Gasteiger partial charge in [0, 0.05) is 16.6 Å². The number of rotatable bonds is 5. The van der Waals surface area contributed by atoms with Crippen molar-refractivity contribution in [3.8, 4) is 11.5 Å². The van der Waals surface area contributed by atoms with Crippen molar-refractivity contribution in [2.75, 3.05) is 25.8 Å². The minimum atomic E-state index is -0.215. The second-order valence-electron chi connectivity index (χ2n) is 4.25. The topological polar surface area (TPSA) is 47.6 Å². The largest absolute Gasteiger partial charge is 0.497 e. The summed E-state index contributed by atoms with van der Waals surface area (Å²) in [6.07, 6.45) is 1.99. The van der Waals surface area contributed by atoms with E-state index in [9.17, 15) is 4.79 Å². The van der Waals surface area contributed by atoms with Crippen LogP contribution in [0.1, 0.15) is 10.4 Å². The summed E-state index contributed by atoms with van der Waals surface area (Å²) in [6, 6.07) is 12.8. The zero-order valence-electron chi connectivity index (χ0n) is 12.2. The molecule has 0 saturated heterocycles. The lowest BCUT2D eigenvalue weighted by Gasteiger charge is -2.11. The first-order valence-corrected chi connectivity index (χ1v) is 7.58. The highest BCUT2D eigenvalue weighted by atomic mass is 32.2. The Balaban J connectivity index is 2.23. The molecule has 0 atom stereocenters. The van der Waals surface area contributed by atoms with Crippen molar-refractivity contribution in [2.24, 2.45) is 0 Å². The Bertz CT molecular complexity index is 643. The maximum absolute atomic E-state index is 12.4. The van der Waals surface area contributed by atoms with E-state index in [1.165, 1.54) is 7.11 Å². The number of nitrogens with one attached hydrogen (secondary N) is 1. The van der Waals surface area contributed by atoms with Gasteiger partial charge in [-0.1, -0.05) is 6.07 Å². The smallest absolute Gasteiger partial charge is 0.259 e. The molecule has 0 heterocycles. The van der Waals surface area contributed by atoms with E-state index in [1.807, 2.05) is 30.5 Å². The average molecular weight is 303 g/mol. The molecule has 0 aliphatic carbocycles. The fourth-order valence-corrected chi connectivity index (χ4v) is 2.34. The molecule has 0 unspecified atom stereocenters. The first-order valence-electron chi connectivity index (χ1n) is 6.35. The summed E-state index contributed by atoms with van der Waals surface area (Å²) in [4.78, 5) is 13.4. The number of methoxy groups -OCH3 is 2. The van der Waals surface area contributed by atoms with E-state index in [2.05, 4.69) is 5.32 Å². The Morgan fingerprint density at radius 3 is 2.57 bits per heavy atom. The predicted molar refractivity (Wildman–Crippen MR) is 85.7 cm³/mol. The second-order valence-corrected chi connectivity index (χ2v) is 5.13. The quantitative estimate of drug-likeness (QED) is 0.856. The van der Waals surface area contributed by atoms with Crippen LogP contribution in [-0.4, -0.2) is 26.4 Å². The Hall–Kier alpha value is -2.14. The molecule has 4 nitrogen and oxygen atoms in total. The number of hydrogen-bond donors (Lipinski definition) is 1. The Kier molecular flexibility index (Phi) is 5.11. The van der Waals surface area contributed by atoms with Gasteiger partial charge in [0.25, 0.3) is 5.91 Å². The number of amides is 1. The molecule has 2 aromatic rings. The number of hydrogen-bond acceptors (Lipinski definition) is 4. The summed E-state index contributed by atoms with van der Waals surface area (Å²) in [6.45, 7) is 0. The van der Waals surface area contributed by atoms with Gasteiger partial charge in [0.15, 0.2) is 0 Å². The molecule has 0 saturated carbocycles. The van der Waals surface area contributed by atoms with Crippen LogP contribution in [0.15, 0.2) is 47.4 Å². The van der Waals surface area contributed by atoms with E-state index in [-0.39, 0.29) is 5.91 Å². The molecule has 110 valence electrons. The highest BCUT2D eigenvalue weighted by molar-refractivity contribution is 7.98. The van der Waals surface area contributed by atoms with Crippen LogP contribution < -0.4 is 14.8 Å². The van der Waals surface area contributed by atoms with Gasteiger partial charge in [0.2, 0.25) is 0 Å². The average Bonchev–Trinajstić information content (AvgIpc) is 2.54. The number of anilines is 1. The molecule has 5 heteroatoms. The van der Waals surface area contributed by atoms with Crippen molar-refractivity contribution in [2.45, 2.75) is 4.90 Å². The lowest BCUT2D eigenvalue weighted by atomic mass is 10.1. The van der Waals surface area contributed by atoms with Crippen LogP contribution in [0.5, 0.6) is 11.5 Å². The number of carbonyl (C=O) groups is 1. The lowest BCUT2D eigenvalue weighted by molar-refractivity contribution is 0.102. The first-order chi connectivity index (χ1) is 10.2. The molecule has 2 aromatic carbocycles. The SMILES string of the molecule is COc1ccc(C(=O)Nc2cccc(SC)c2)c(OC)c1. The van der Waals surface area contributed by atoms with Crippen LogP contribution in [0.2, 0.25) is 0 Å². The van der Waals surface area contributed by atoms with Crippen molar-refractivity contribution in [3.63, 3.8) is 0 Å². The van der Waals surface area contributed by atoms with Gasteiger partial charge in [-0.05, 0) is 36.6 Å². The van der Waals surface area contributed by atoms with Crippen LogP contribution >= 0.6 is 11.8 Å². The zero-order valence-corrected chi connectivity index (χ0v) is 13.0. The molecule has 1 N–H and O–H groups in total. The number of ether oxygens (including phenoxy) is 2. The van der Waals surface area contributed by atoms with Gasteiger partial charge >= 0.3 is 0 Å². The van der Waals surface area contributed by atoms with Gasteiger partial charge in [0.05, 0.1) is 19.8 Å². The van der Waals surface area contributed by atoms with Gasteiger partial charge in [-0.15, -0.1) is 11.8 Å². The Morgan fingerprint density at radius 2 is 1.90 bits per heavy atom. The van der Waals surface area contributed by atoms with Gasteiger partial charge in [-0.25, -0.2) is 0 Å². The monoisotopic (exact) mass is 303 g/mol. The highest BCUT2D eigenvalue weighted by Gasteiger charge is 2.13. The molecule has 21 heavy (non-hydrogen) atoms. The van der Waals surface area contributed by atoms with Gasteiger partial charge < -0.3 is 14.8 Å². The molecule has 2 rings (SSSR count). The molecule has 1 amide bonds. The molecule has 0 spiro atoms. The fourth-order valence-electron chi connectivity index (χ4n) is 1.89. The third kappa shape index (κ3) is 3.70. The highest BCUT2D eigenvalue weighted by Crippen LogP contribution is 2.26. The molecular weight excluding hydrogens is 286 g/mol. The molecule has 0 aromatic heterocycles. The number of benzene rings is 2. The van der Waals surface area contributed by atoms with E-state index in [4.69, 9.17) is 9.47 Å². The van der Waals surface area contributed by atoms with Gasteiger partial charge in [0.1, 0.15) is 11.5 Å². The molecule has 0 aliphatic rings. The fraction of sp³-hybridized carbons (Fsp3) is 0.188. The van der Waals surface area contributed by atoms with Crippen LogP contribution in [0.3, 0.4) is 0 Å². The van der Waals surface area contributed by atoms with Crippen molar-refractivity contribution >= 4 is 23.4 Å². The summed E-state index contributed by atoms with van der Waals surface area (Å²) >= 11 is 1.63. The molecule has 0 aliphatic heterocycles. The second kappa shape index (κ2) is 7.04. The molecule has 0 fully saturated rings. The third-order valence-corrected chi connectivity index (χ3v) is 3.71. The molecule has 0 radical (unpaired) electrons. The van der Waals surface area contributed by atoms with Crippen LogP contribution in [-0.2, 0) is 0 Å². The van der Waals surface area contributed by atoms with Crippen LogP contribution in [0, 0.1) is 0 Å². The first kappa shape index (κ1) is 15.3. The minimum Gasteiger partial charge on any atom is -0.497 e. The predicted octanol–water partition coefficient (Wildman–Crippen LogP) is 3.68. The van der Waals surface area contributed by atoms with E-state index in [0.717, 1.165) is 10.6 Å². The summed E-state index contributed by atoms with van der Waals surface area (Å²) in [5.74, 6) is 0.911. The maximum Gasteiger partial charge on any atom is 0.259 e. The molecular formula is C16H17NO3S. The Labute approximate surface area is 128 Å². The Morgan fingerprint density at radius 1 is 1.10 bits per heavy atom. The van der Waals surface area contributed by atoms with Crippen molar-refractivity contribution in [3.05, 3.63) is 48.0 Å². The molecule has 0 bridgehead atoms. The van der Waals surface area contributed by atoms with E-state index in [0.29, 0.717) is 17.1 Å². The van der Waals surface area contributed by atoms with Crippen molar-refractivity contribution in [1.29, 1.82) is 0 Å². The summed E-state index contributed by atoms with van der Waals surface area (Å²) < 4.78 is 10.4. The van der Waals surface area contributed by atoms with Crippen molar-refractivity contribution < 1.29 is 14.3 Å². The summed E-state index contributed by atoms with van der Waals surface area (Å²) in [5.41, 5.74) is 1.22. The summed E-state index contributed by atoms with van der Waals surface area (Å²) in [7, 11) is 3.10. The summed E-state index contributed by atoms with van der Waals surface area (Å²) in [5, 5.41) is 2.87. The number of thioether (sulfide) groups is 1. The third-order valence-electron chi connectivity index (χ3n) is 2.98. The van der Waals surface area contributed by atoms with Crippen LogP contribution in [0.4, 0.5) is 5.69 Å². The van der Waals surface area contributed by atoms with Gasteiger partial charge in [-0.3, -0.25) is 4.79 Å². The number of carbonyl (C=O) groups excluding carboxylic acids is 1. The van der Waals surface area contributed by atoms with E-state index in [1.54, 1.807) is 37.1 Å². The van der Waals surface area contributed by atoms with Crippen LogP contribution in [0.25, 0.3) is 0 Å². The van der Waals surface area contributed by atoms with E-state index < -0.39 is 0 Å². The van der Waals surface area contributed by atoms with Crippen molar-refractivity contribution in [1.82, 2.24) is 0 Å². The zero-order chi connectivity index (χ0) is 15.2. The normalized spacial score (nSPS) is 10.0. The standard InChI is InChI=1S/C16H17NO3S/c1-19-12-7-8-14(15(10-12)20-2)16(18)17-11-5-4-6-13(9-11)21-3/h4-10H,1-3H3,(H,17,18). The minimum absolute atomic E-state index is 0.215. The van der Waals surface area contributed by atoms with Gasteiger partial charge in [-0.2, -0.15) is 0 Å².